The van der Waals surface area contributed by atoms with Crippen molar-refractivity contribution >= 4 is 23.2 Å². The second-order valence-electron chi connectivity index (χ2n) is 5.58. The van der Waals surface area contributed by atoms with Crippen LogP contribution < -0.4 is 5.32 Å². The fourth-order valence-electron chi connectivity index (χ4n) is 2.08. The van der Waals surface area contributed by atoms with E-state index >= 15 is 0 Å². The van der Waals surface area contributed by atoms with Gasteiger partial charge < -0.3 is 10.2 Å². The molecular weight excluding hydrogens is 298 g/mol. The minimum absolute atomic E-state index is 0.0251. The molecule has 1 aromatic rings. The van der Waals surface area contributed by atoms with Crippen LogP contribution >= 0.6 is 11.3 Å². The van der Waals surface area contributed by atoms with E-state index in [1.807, 2.05) is 26.2 Å². The molecule has 2 amide bonds. The second kappa shape index (κ2) is 8.54. The van der Waals surface area contributed by atoms with Gasteiger partial charge in [0, 0.05) is 13.1 Å². The van der Waals surface area contributed by atoms with E-state index in [9.17, 15) is 9.59 Å². The van der Waals surface area contributed by atoms with Gasteiger partial charge in [-0.15, -0.1) is 11.3 Å². The molecule has 1 N–H and O–H groups in total. The highest BCUT2D eigenvalue weighted by Gasteiger charge is 2.29. The van der Waals surface area contributed by atoms with Gasteiger partial charge in [0.25, 0.3) is 5.91 Å². The van der Waals surface area contributed by atoms with Crippen molar-refractivity contribution in [3.63, 3.8) is 0 Å². The molecule has 2 atom stereocenters. The molecule has 1 aromatic heterocycles. The molecular formula is C16H23N3O2S. The van der Waals surface area contributed by atoms with Gasteiger partial charge in [0.1, 0.15) is 6.04 Å². The number of hydrogen-bond acceptors (Lipinski definition) is 4. The van der Waals surface area contributed by atoms with Crippen LogP contribution in [0.4, 0.5) is 0 Å². The highest BCUT2D eigenvalue weighted by molar-refractivity contribution is 7.12. The molecule has 5 nitrogen and oxygen atoms in total. The summed E-state index contributed by atoms with van der Waals surface area (Å²) in [4.78, 5) is 27.1. The summed E-state index contributed by atoms with van der Waals surface area (Å²) < 4.78 is 0. The highest BCUT2D eigenvalue weighted by Crippen LogP contribution is 2.12. The SMILES string of the molecule is CCN(C[C@@H](C)C#N)C(=O)[C@H](NC(=O)c1cccs1)C(C)C. The Morgan fingerprint density at radius 3 is 2.55 bits per heavy atom. The molecule has 0 aliphatic rings. The summed E-state index contributed by atoms with van der Waals surface area (Å²) in [5, 5.41) is 13.6. The maximum Gasteiger partial charge on any atom is 0.262 e. The number of carbonyl (C=O) groups excluding carboxylic acids is 2. The minimum Gasteiger partial charge on any atom is -0.340 e. The lowest BCUT2D eigenvalue weighted by Gasteiger charge is -2.29. The summed E-state index contributed by atoms with van der Waals surface area (Å²) in [5.74, 6) is -0.622. The number of hydrogen-bond donors (Lipinski definition) is 1. The molecule has 6 heteroatoms. The molecule has 0 unspecified atom stereocenters. The molecule has 0 saturated heterocycles. The molecule has 0 aromatic carbocycles. The highest BCUT2D eigenvalue weighted by atomic mass is 32.1. The molecule has 1 rings (SSSR count). The first kappa shape index (κ1) is 18.2. The predicted octanol–water partition coefficient (Wildman–Crippen LogP) is 2.51. The predicted molar refractivity (Wildman–Crippen MR) is 87.4 cm³/mol. The van der Waals surface area contributed by atoms with Gasteiger partial charge in [-0.05, 0) is 31.2 Å². The van der Waals surface area contributed by atoms with Gasteiger partial charge in [-0.2, -0.15) is 5.26 Å². The lowest BCUT2D eigenvalue weighted by Crippen LogP contribution is -2.51. The maximum absolute atomic E-state index is 12.7. The summed E-state index contributed by atoms with van der Waals surface area (Å²) >= 11 is 1.34. The van der Waals surface area contributed by atoms with Crippen LogP contribution in [0.25, 0.3) is 0 Å². The molecule has 0 bridgehead atoms. The van der Waals surface area contributed by atoms with Crippen molar-refractivity contribution in [1.82, 2.24) is 10.2 Å². The zero-order valence-electron chi connectivity index (χ0n) is 13.5. The third-order valence-electron chi connectivity index (χ3n) is 3.37. The zero-order valence-corrected chi connectivity index (χ0v) is 14.3. The van der Waals surface area contributed by atoms with Gasteiger partial charge in [0.2, 0.25) is 5.91 Å². The molecule has 0 aliphatic carbocycles. The standard InChI is InChI=1S/C16H23N3O2S/c1-5-19(10-12(4)9-17)16(21)14(11(2)3)18-15(20)13-7-6-8-22-13/h6-8,11-12,14H,5,10H2,1-4H3,(H,18,20)/t12-,14+/m0/s1. The number of amides is 2. The second-order valence-corrected chi connectivity index (χ2v) is 6.53. The maximum atomic E-state index is 12.7. The molecule has 1 heterocycles. The van der Waals surface area contributed by atoms with E-state index in [-0.39, 0.29) is 23.7 Å². The van der Waals surface area contributed by atoms with Crippen LogP contribution in [-0.4, -0.2) is 35.8 Å². The van der Waals surface area contributed by atoms with Crippen molar-refractivity contribution in [1.29, 1.82) is 5.26 Å². The van der Waals surface area contributed by atoms with E-state index < -0.39 is 6.04 Å². The smallest absolute Gasteiger partial charge is 0.262 e. The summed E-state index contributed by atoms with van der Waals surface area (Å²) in [7, 11) is 0. The number of nitrogens with one attached hydrogen (secondary N) is 1. The van der Waals surface area contributed by atoms with Crippen LogP contribution in [0.1, 0.15) is 37.4 Å². The third kappa shape index (κ3) is 4.85. The average Bonchev–Trinajstić information content (AvgIpc) is 3.03. The van der Waals surface area contributed by atoms with Crippen molar-refractivity contribution in [3.05, 3.63) is 22.4 Å². The van der Waals surface area contributed by atoms with Gasteiger partial charge >= 0.3 is 0 Å². The molecule has 120 valence electrons. The first-order valence-electron chi connectivity index (χ1n) is 7.43. The molecule has 0 fully saturated rings. The normalized spacial score (nSPS) is 13.3. The molecule has 0 saturated carbocycles. The van der Waals surface area contributed by atoms with E-state index in [1.54, 1.807) is 24.0 Å². The van der Waals surface area contributed by atoms with Crippen molar-refractivity contribution in [3.8, 4) is 6.07 Å². The van der Waals surface area contributed by atoms with Gasteiger partial charge in [-0.25, -0.2) is 0 Å². The van der Waals surface area contributed by atoms with Crippen LogP contribution in [0.15, 0.2) is 17.5 Å². The molecule has 22 heavy (non-hydrogen) atoms. The molecule has 0 radical (unpaired) electrons. The Morgan fingerprint density at radius 2 is 2.09 bits per heavy atom. The fraction of sp³-hybridized carbons (Fsp3) is 0.562. The zero-order chi connectivity index (χ0) is 16.7. The summed E-state index contributed by atoms with van der Waals surface area (Å²) in [6.45, 7) is 8.36. The lowest BCUT2D eigenvalue weighted by atomic mass is 10.0. The Kier molecular flexibility index (Phi) is 7.06. The monoisotopic (exact) mass is 321 g/mol. The molecule has 0 spiro atoms. The first-order valence-corrected chi connectivity index (χ1v) is 8.31. The number of likely N-dealkylation sites (N-methyl/N-ethyl adjacent to an activating group) is 1. The van der Waals surface area contributed by atoms with E-state index in [2.05, 4.69) is 11.4 Å². The number of thiophene rings is 1. The summed E-state index contributed by atoms with van der Waals surface area (Å²) in [6.07, 6.45) is 0. The molecule has 0 aliphatic heterocycles. The summed E-state index contributed by atoms with van der Waals surface area (Å²) in [5.41, 5.74) is 0. The fourth-order valence-corrected chi connectivity index (χ4v) is 2.70. The van der Waals surface area contributed by atoms with E-state index in [0.29, 0.717) is 18.0 Å². The van der Waals surface area contributed by atoms with Crippen molar-refractivity contribution in [2.24, 2.45) is 11.8 Å². The number of nitriles is 1. The van der Waals surface area contributed by atoms with Gasteiger partial charge in [0.05, 0.1) is 16.9 Å². The van der Waals surface area contributed by atoms with Crippen LogP contribution in [0.5, 0.6) is 0 Å². The quantitative estimate of drug-likeness (QED) is 0.838. The number of nitrogens with zero attached hydrogens (tertiary/aromatic N) is 2. The van der Waals surface area contributed by atoms with E-state index in [4.69, 9.17) is 5.26 Å². The largest absolute Gasteiger partial charge is 0.340 e. The number of carbonyl (C=O) groups is 2. The topological polar surface area (TPSA) is 73.2 Å². The summed E-state index contributed by atoms with van der Waals surface area (Å²) in [6, 6.07) is 5.09. The Morgan fingerprint density at radius 1 is 1.41 bits per heavy atom. The Bertz CT molecular complexity index is 534. The van der Waals surface area contributed by atoms with Crippen LogP contribution in [0.2, 0.25) is 0 Å². The van der Waals surface area contributed by atoms with E-state index in [0.717, 1.165) is 0 Å². The van der Waals surface area contributed by atoms with Crippen LogP contribution in [0, 0.1) is 23.2 Å². The van der Waals surface area contributed by atoms with Crippen molar-refractivity contribution in [2.45, 2.75) is 33.7 Å². The van der Waals surface area contributed by atoms with Gasteiger partial charge in [-0.1, -0.05) is 19.9 Å². The van der Waals surface area contributed by atoms with Gasteiger partial charge in [0.15, 0.2) is 0 Å². The Balaban J connectivity index is 2.83. The minimum atomic E-state index is -0.583. The van der Waals surface area contributed by atoms with Crippen LogP contribution in [0.3, 0.4) is 0 Å². The van der Waals surface area contributed by atoms with E-state index in [1.165, 1.54) is 11.3 Å². The first-order chi connectivity index (χ1) is 10.4. The Labute approximate surface area is 135 Å². The lowest BCUT2D eigenvalue weighted by molar-refractivity contribution is -0.134. The van der Waals surface area contributed by atoms with Crippen molar-refractivity contribution in [2.75, 3.05) is 13.1 Å². The Hall–Kier alpha value is -1.87. The van der Waals surface area contributed by atoms with Crippen LogP contribution in [-0.2, 0) is 4.79 Å². The average molecular weight is 321 g/mol. The number of rotatable bonds is 7. The van der Waals surface area contributed by atoms with Gasteiger partial charge in [-0.3, -0.25) is 9.59 Å². The third-order valence-corrected chi connectivity index (χ3v) is 4.24. The van der Waals surface area contributed by atoms with Crippen molar-refractivity contribution < 1.29 is 9.59 Å².